The minimum atomic E-state index is -1.46. The Kier molecular flexibility index (Phi) is 7.12. The maximum atomic E-state index is 13.4. The van der Waals surface area contributed by atoms with Crippen molar-refractivity contribution in [2.75, 3.05) is 27.4 Å². The van der Waals surface area contributed by atoms with Crippen molar-refractivity contribution in [1.29, 1.82) is 0 Å². The smallest absolute Gasteiger partial charge is 0.363 e. The normalized spacial score (nSPS) is 35.1. The first-order valence-corrected chi connectivity index (χ1v) is 14.2. The Balaban J connectivity index is 1.35. The van der Waals surface area contributed by atoms with Gasteiger partial charge in [0, 0.05) is 24.1 Å². The first-order chi connectivity index (χ1) is 20.7. The van der Waals surface area contributed by atoms with Gasteiger partial charge in [-0.1, -0.05) is 0 Å². The number of rotatable bonds is 5. The molecule has 2 aromatic carbocycles. The van der Waals surface area contributed by atoms with E-state index >= 15 is 0 Å². The van der Waals surface area contributed by atoms with E-state index in [2.05, 4.69) is 0 Å². The largest absolute Gasteiger partial charge is 0.502 e. The van der Waals surface area contributed by atoms with E-state index in [1.54, 1.807) is 31.2 Å². The Morgan fingerprint density at radius 2 is 1.60 bits per heavy atom. The summed E-state index contributed by atoms with van der Waals surface area (Å²) in [6.45, 7) is 1.84. The molecule has 3 aromatic rings. The van der Waals surface area contributed by atoms with Gasteiger partial charge in [-0.25, -0.2) is 0 Å². The SMILES string of the molecule is COc1cc([C@@H]2c3cc4oc(=S)oc4cc3[C@@H](O[C@@H]3O[C@@H]4CO[C@@H](C)O[C@H]4[C@H](O)[C@H]3O)[C@H]3COC(=O)[C@H]23)cc(OC)c1O. The lowest BCUT2D eigenvalue weighted by Crippen LogP contribution is -2.63. The van der Waals surface area contributed by atoms with Crippen LogP contribution < -0.4 is 9.47 Å². The highest BCUT2D eigenvalue weighted by Crippen LogP contribution is 2.55. The molecular weight excluding hydrogens is 588 g/mol. The topological polar surface area (TPSA) is 169 Å². The molecule has 0 amide bonds. The number of aromatic hydroxyl groups is 1. The number of esters is 1. The molecule has 4 aliphatic rings. The second-order valence-electron chi connectivity index (χ2n) is 11.0. The van der Waals surface area contributed by atoms with Crippen molar-refractivity contribution in [3.8, 4) is 17.2 Å². The monoisotopic (exact) mass is 618 g/mol. The third-order valence-electron chi connectivity index (χ3n) is 8.70. The Bertz CT molecular complexity index is 1590. The highest BCUT2D eigenvalue weighted by molar-refractivity contribution is 7.71. The van der Waals surface area contributed by atoms with E-state index in [4.69, 9.17) is 54.2 Å². The molecule has 13 nitrogen and oxygen atoms in total. The molecule has 7 rings (SSSR count). The van der Waals surface area contributed by atoms with Crippen LogP contribution in [0.2, 0.25) is 0 Å². The van der Waals surface area contributed by atoms with Gasteiger partial charge >= 0.3 is 10.9 Å². The van der Waals surface area contributed by atoms with E-state index in [0.717, 1.165) is 0 Å². The molecule has 3 fully saturated rings. The lowest BCUT2D eigenvalue weighted by molar-refractivity contribution is -0.364. The van der Waals surface area contributed by atoms with Gasteiger partial charge in [-0.05, 0) is 47.9 Å². The minimum absolute atomic E-state index is 0.0183. The van der Waals surface area contributed by atoms with Crippen LogP contribution in [0.1, 0.15) is 35.6 Å². The van der Waals surface area contributed by atoms with Crippen molar-refractivity contribution in [3.63, 3.8) is 0 Å². The molecule has 10 atom stereocenters. The molecule has 14 heteroatoms. The average molecular weight is 619 g/mol. The predicted octanol–water partition coefficient (Wildman–Crippen LogP) is 2.68. The van der Waals surface area contributed by atoms with E-state index in [1.807, 2.05) is 0 Å². The number of cyclic esters (lactones) is 1. The van der Waals surface area contributed by atoms with Crippen LogP contribution in [-0.2, 0) is 28.5 Å². The van der Waals surface area contributed by atoms with Crippen molar-refractivity contribution >= 4 is 29.4 Å². The van der Waals surface area contributed by atoms with E-state index < -0.39 is 66.8 Å². The number of hydrogen-bond donors (Lipinski definition) is 3. The van der Waals surface area contributed by atoms with Crippen molar-refractivity contribution < 1.29 is 62.1 Å². The summed E-state index contributed by atoms with van der Waals surface area (Å²) < 4.78 is 51.4. The molecular formula is C29H30O13S. The molecule has 3 saturated heterocycles. The Morgan fingerprint density at radius 3 is 2.28 bits per heavy atom. The van der Waals surface area contributed by atoms with Crippen LogP contribution in [-0.4, -0.2) is 85.7 Å². The van der Waals surface area contributed by atoms with Crippen LogP contribution in [0.15, 0.2) is 33.1 Å². The summed E-state index contributed by atoms with van der Waals surface area (Å²) in [5, 5.41) is 32.6. The number of aliphatic hydroxyl groups excluding tert-OH is 2. The quantitative estimate of drug-likeness (QED) is 0.282. The van der Waals surface area contributed by atoms with Gasteiger partial charge in [-0.15, -0.1) is 0 Å². The lowest BCUT2D eigenvalue weighted by atomic mass is 9.66. The number of aliphatic hydroxyl groups is 2. The summed E-state index contributed by atoms with van der Waals surface area (Å²) in [5.41, 5.74) is 2.56. The summed E-state index contributed by atoms with van der Waals surface area (Å²) in [7, 11) is 2.83. The average Bonchev–Trinajstić information content (AvgIpc) is 3.56. The van der Waals surface area contributed by atoms with Gasteiger partial charge in [0.2, 0.25) is 5.75 Å². The number of phenols is 1. The summed E-state index contributed by atoms with van der Waals surface area (Å²) in [4.78, 5) is 13.3. The summed E-state index contributed by atoms with van der Waals surface area (Å²) in [6, 6.07) is 6.73. The highest BCUT2D eigenvalue weighted by atomic mass is 32.1. The van der Waals surface area contributed by atoms with Crippen molar-refractivity contribution in [1.82, 2.24) is 0 Å². The maximum absolute atomic E-state index is 13.4. The Labute approximate surface area is 249 Å². The van der Waals surface area contributed by atoms with Gasteiger partial charge in [0.15, 0.2) is 35.2 Å². The van der Waals surface area contributed by atoms with Crippen LogP contribution in [0.3, 0.4) is 0 Å². The van der Waals surface area contributed by atoms with Gasteiger partial charge < -0.3 is 57.3 Å². The molecule has 230 valence electrons. The van der Waals surface area contributed by atoms with Crippen LogP contribution in [0.25, 0.3) is 11.2 Å². The molecule has 0 radical (unpaired) electrons. The summed E-state index contributed by atoms with van der Waals surface area (Å²) >= 11 is 5.14. The van der Waals surface area contributed by atoms with Crippen LogP contribution in [0, 0.1) is 16.7 Å². The van der Waals surface area contributed by atoms with Gasteiger partial charge in [-0.2, -0.15) is 0 Å². The van der Waals surface area contributed by atoms with Gasteiger partial charge in [-0.3, -0.25) is 4.79 Å². The Hall–Kier alpha value is -3.24. The molecule has 0 bridgehead atoms. The summed E-state index contributed by atoms with van der Waals surface area (Å²) in [6.07, 6.45) is -6.98. The molecule has 0 unspecified atom stereocenters. The summed E-state index contributed by atoms with van der Waals surface area (Å²) in [5.74, 6) is -2.24. The van der Waals surface area contributed by atoms with Crippen molar-refractivity contribution in [2.45, 2.75) is 55.9 Å². The van der Waals surface area contributed by atoms with Crippen LogP contribution in [0.5, 0.6) is 17.2 Å². The maximum Gasteiger partial charge on any atom is 0.363 e. The van der Waals surface area contributed by atoms with Crippen molar-refractivity contribution in [2.24, 2.45) is 11.8 Å². The fourth-order valence-electron chi connectivity index (χ4n) is 6.71. The molecule has 3 aliphatic heterocycles. The van der Waals surface area contributed by atoms with Gasteiger partial charge in [0.25, 0.3) is 0 Å². The number of carbonyl (C=O) groups is 1. The van der Waals surface area contributed by atoms with Crippen molar-refractivity contribution in [3.05, 3.63) is 45.9 Å². The standard InChI is InChI=1S/C29H30O13S/c1-10-36-9-19-26(38-10)23(31)24(32)28(39-19)42-25-13-7-16-15(40-29(43)41-16)6-12(13)20(21-14(25)8-37-27(21)33)11-4-17(34-2)22(30)18(5-11)35-3/h4-7,10,14,19-21,23-26,28,30-32H,8-9H2,1-3H3/t10-,14+,19-,20-,21+,23-,24-,25-,26-,28+/m1/s1. The first-order valence-electron chi connectivity index (χ1n) is 13.8. The number of methoxy groups -OCH3 is 2. The van der Waals surface area contributed by atoms with E-state index in [1.165, 1.54) is 14.2 Å². The van der Waals surface area contributed by atoms with Crippen LogP contribution >= 0.6 is 12.2 Å². The molecule has 3 N–H and O–H groups in total. The first kappa shape index (κ1) is 28.5. The zero-order valence-electron chi connectivity index (χ0n) is 23.3. The van der Waals surface area contributed by atoms with E-state index in [-0.39, 0.29) is 35.4 Å². The minimum Gasteiger partial charge on any atom is -0.502 e. The Morgan fingerprint density at radius 1 is 0.930 bits per heavy atom. The van der Waals surface area contributed by atoms with Gasteiger partial charge in [0.1, 0.15) is 24.4 Å². The molecule has 4 heterocycles. The molecule has 0 saturated carbocycles. The predicted molar refractivity (Wildman–Crippen MR) is 145 cm³/mol. The number of benzene rings is 2. The zero-order chi connectivity index (χ0) is 30.2. The number of phenolic OH excluding ortho intramolecular Hbond substituents is 1. The number of hydrogen-bond acceptors (Lipinski definition) is 14. The number of carbonyl (C=O) groups excluding carboxylic acids is 1. The molecule has 1 aromatic heterocycles. The zero-order valence-corrected chi connectivity index (χ0v) is 24.1. The number of fused-ring (bicyclic) bond motifs is 4. The molecule has 43 heavy (non-hydrogen) atoms. The third kappa shape index (κ3) is 4.60. The van der Waals surface area contributed by atoms with Crippen LogP contribution in [0.4, 0.5) is 0 Å². The lowest BCUT2D eigenvalue weighted by Gasteiger charge is -2.47. The van der Waals surface area contributed by atoms with E-state index in [9.17, 15) is 20.1 Å². The fourth-order valence-corrected chi connectivity index (χ4v) is 6.89. The van der Waals surface area contributed by atoms with E-state index in [0.29, 0.717) is 27.9 Å². The fraction of sp³-hybridized carbons (Fsp3) is 0.517. The van der Waals surface area contributed by atoms with Gasteiger partial charge in [0.05, 0.1) is 39.5 Å². The molecule has 0 spiro atoms. The highest BCUT2D eigenvalue weighted by Gasteiger charge is 2.55. The second kappa shape index (κ2) is 10.7. The second-order valence-corrected chi connectivity index (χ2v) is 11.4. The third-order valence-corrected chi connectivity index (χ3v) is 8.87. The molecule has 1 aliphatic carbocycles. The number of ether oxygens (including phenoxy) is 7.